The summed E-state index contributed by atoms with van der Waals surface area (Å²) in [6.07, 6.45) is 0. The highest BCUT2D eigenvalue weighted by molar-refractivity contribution is 5.89. The van der Waals surface area contributed by atoms with Crippen molar-refractivity contribution >= 4 is 11.4 Å². The second-order valence-corrected chi connectivity index (χ2v) is 9.90. The Balaban J connectivity index is 2.14. The zero-order chi connectivity index (χ0) is 21.9. The number of rotatable bonds is 3. The molecule has 0 radical (unpaired) electrons. The summed E-state index contributed by atoms with van der Waals surface area (Å²) in [6.45, 7) is 15.4. The van der Waals surface area contributed by atoms with E-state index in [-0.39, 0.29) is 11.0 Å². The monoisotopic (exact) mass is 384 g/mol. The third-order valence-electron chi connectivity index (χ3n) is 6.14. The molecule has 3 aromatic carbocycles. The van der Waals surface area contributed by atoms with Gasteiger partial charge in [-0.1, -0.05) is 82.3 Å². The van der Waals surface area contributed by atoms with Gasteiger partial charge in [0.1, 0.15) is 0 Å². The molecule has 150 valence electrons. The molecule has 1 heteroatoms. The molecular weight excluding hydrogens is 350 g/mol. The van der Waals surface area contributed by atoms with Crippen molar-refractivity contribution in [1.29, 1.82) is 0 Å². The molecule has 0 heterocycles. The Hall–Kier alpha value is -2.54. The average molecular weight is 385 g/mol. The summed E-state index contributed by atoms with van der Waals surface area (Å²) in [5.74, 6) is -0.715. The SMILES string of the molecule is [2H]C(C)(C)c1ccc2c(c1N(c1ccccc1)C(C)(C)C)C(C)(C)c1ccccc1-2. The average Bonchev–Trinajstić information content (AvgIpc) is 2.89. The van der Waals surface area contributed by atoms with E-state index >= 15 is 0 Å². The third-order valence-corrected chi connectivity index (χ3v) is 6.14. The quantitative estimate of drug-likeness (QED) is 0.441. The molecule has 1 aliphatic carbocycles. The number of para-hydroxylation sites is 1. The largest absolute Gasteiger partial charge is 0.336 e. The minimum atomic E-state index is -0.715. The lowest BCUT2D eigenvalue weighted by molar-refractivity contribution is 0.550. The highest BCUT2D eigenvalue weighted by Gasteiger charge is 2.41. The highest BCUT2D eigenvalue weighted by atomic mass is 15.2. The van der Waals surface area contributed by atoms with Crippen LogP contribution in [-0.4, -0.2) is 5.54 Å². The first kappa shape index (κ1) is 18.5. The van der Waals surface area contributed by atoms with Gasteiger partial charge < -0.3 is 4.90 Å². The summed E-state index contributed by atoms with van der Waals surface area (Å²) in [5.41, 5.74) is 8.44. The van der Waals surface area contributed by atoms with Crippen LogP contribution in [0.1, 0.15) is 72.4 Å². The van der Waals surface area contributed by atoms with Crippen molar-refractivity contribution < 1.29 is 1.37 Å². The smallest absolute Gasteiger partial charge is 0.0498 e. The van der Waals surface area contributed by atoms with Crippen molar-refractivity contribution in [3.05, 3.63) is 83.4 Å². The van der Waals surface area contributed by atoms with Crippen LogP contribution in [0.2, 0.25) is 0 Å². The van der Waals surface area contributed by atoms with E-state index < -0.39 is 5.89 Å². The molecule has 0 spiro atoms. The van der Waals surface area contributed by atoms with Gasteiger partial charge in [0.05, 0.1) is 0 Å². The number of hydrogen-bond donors (Lipinski definition) is 0. The van der Waals surface area contributed by atoms with Crippen LogP contribution in [0, 0.1) is 0 Å². The number of anilines is 2. The molecule has 0 saturated carbocycles. The van der Waals surface area contributed by atoms with Crippen LogP contribution in [0.5, 0.6) is 0 Å². The molecule has 29 heavy (non-hydrogen) atoms. The Kier molecular flexibility index (Phi) is 4.31. The molecular formula is C28H33N. The first-order chi connectivity index (χ1) is 13.9. The van der Waals surface area contributed by atoms with E-state index in [1.807, 2.05) is 13.8 Å². The molecule has 3 aromatic rings. The van der Waals surface area contributed by atoms with E-state index in [9.17, 15) is 0 Å². The van der Waals surface area contributed by atoms with Crippen molar-refractivity contribution in [2.45, 2.75) is 65.3 Å². The molecule has 4 rings (SSSR count). The van der Waals surface area contributed by atoms with E-state index in [4.69, 9.17) is 1.37 Å². The molecule has 0 fully saturated rings. The summed E-state index contributed by atoms with van der Waals surface area (Å²) in [6, 6.07) is 23.8. The molecule has 1 nitrogen and oxygen atoms in total. The maximum absolute atomic E-state index is 9.00. The molecule has 1 aliphatic rings. The standard InChI is InChI=1S/C28H33N/c1-19(2)21-17-18-23-22-15-11-12-16-24(22)28(6,7)25(23)26(21)29(27(3,4)5)20-13-9-8-10-14-20/h8-19H,1-7H3/i19D. The van der Waals surface area contributed by atoms with E-state index in [0.717, 1.165) is 11.3 Å². The van der Waals surface area contributed by atoms with Gasteiger partial charge in [0, 0.05) is 23.7 Å². The number of hydrogen-bond acceptors (Lipinski definition) is 1. The summed E-state index contributed by atoms with van der Waals surface area (Å²) < 4.78 is 9.00. The first-order valence-electron chi connectivity index (χ1n) is 11.1. The Labute approximate surface area is 177 Å². The van der Waals surface area contributed by atoms with E-state index in [1.54, 1.807) is 0 Å². The van der Waals surface area contributed by atoms with Gasteiger partial charge in [0.2, 0.25) is 0 Å². The van der Waals surface area contributed by atoms with E-state index in [2.05, 4.69) is 106 Å². The molecule has 0 aromatic heterocycles. The van der Waals surface area contributed by atoms with Crippen LogP contribution >= 0.6 is 0 Å². The molecule has 0 aliphatic heterocycles. The molecule has 0 amide bonds. The lowest BCUT2D eigenvalue weighted by Gasteiger charge is -2.42. The zero-order valence-electron chi connectivity index (χ0n) is 19.8. The van der Waals surface area contributed by atoms with Gasteiger partial charge in [0.25, 0.3) is 0 Å². The Morgan fingerprint density at radius 2 is 1.45 bits per heavy atom. The molecule has 0 N–H and O–H groups in total. The highest BCUT2D eigenvalue weighted by Crippen LogP contribution is 2.55. The first-order valence-corrected chi connectivity index (χ1v) is 10.6. The van der Waals surface area contributed by atoms with Gasteiger partial charge in [-0.05, 0) is 66.6 Å². The Morgan fingerprint density at radius 3 is 2.07 bits per heavy atom. The van der Waals surface area contributed by atoms with Gasteiger partial charge in [0.15, 0.2) is 0 Å². The van der Waals surface area contributed by atoms with Gasteiger partial charge >= 0.3 is 0 Å². The van der Waals surface area contributed by atoms with Crippen LogP contribution in [0.3, 0.4) is 0 Å². The summed E-state index contributed by atoms with van der Waals surface area (Å²) in [4.78, 5) is 2.45. The summed E-state index contributed by atoms with van der Waals surface area (Å²) >= 11 is 0. The second-order valence-electron chi connectivity index (χ2n) is 9.90. The van der Waals surface area contributed by atoms with Crippen molar-refractivity contribution in [2.75, 3.05) is 4.90 Å². The predicted octanol–water partition coefficient (Wildman–Crippen LogP) is 8.05. The fraction of sp³-hybridized carbons (Fsp3) is 0.357. The van der Waals surface area contributed by atoms with Gasteiger partial charge in [-0.25, -0.2) is 0 Å². The predicted molar refractivity (Wildman–Crippen MR) is 126 cm³/mol. The van der Waals surface area contributed by atoms with Crippen LogP contribution in [0.4, 0.5) is 11.4 Å². The van der Waals surface area contributed by atoms with Crippen molar-refractivity contribution in [1.82, 2.24) is 0 Å². The van der Waals surface area contributed by atoms with E-state index in [0.29, 0.717) is 0 Å². The topological polar surface area (TPSA) is 3.24 Å². The van der Waals surface area contributed by atoms with Crippen LogP contribution < -0.4 is 4.90 Å². The lowest BCUT2D eigenvalue weighted by Crippen LogP contribution is -2.39. The van der Waals surface area contributed by atoms with E-state index in [1.165, 1.54) is 27.9 Å². The molecule has 0 saturated heterocycles. The number of benzene rings is 3. The fourth-order valence-corrected chi connectivity index (χ4v) is 4.91. The maximum atomic E-state index is 9.00. The zero-order valence-corrected chi connectivity index (χ0v) is 18.8. The fourth-order valence-electron chi connectivity index (χ4n) is 4.91. The molecule has 0 atom stereocenters. The number of fused-ring (bicyclic) bond motifs is 3. The summed E-state index contributed by atoms with van der Waals surface area (Å²) in [5, 5.41) is 0. The molecule has 0 unspecified atom stereocenters. The van der Waals surface area contributed by atoms with Crippen molar-refractivity contribution in [3.8, 4) is 11.1 Å². The van der Waals surface area contributed by atoms with Gasteiger partial charge in [-0.2, -0.15) is 0 Å². The Bertz CT molecular complexity index is 1080. The maximum Gasteiger partial charge on any atom is 0.0498 e. The van der Waals surface area contributed by atoms with Gasteiger partial charge in [-0.15, -0.1) is 0 Å². The lowest BCUT2D eigenvalue weighted by atomic mass is 9.78. The van der Waals surface area contributed by atoms with Crippen LogP contribution in [-0.2, 0) is 5.41 Å². The normalized spacial score (nSPS) is 15.5. The Morgan fingerprint density at radius 1 is 0.828 bits per heavy atom. The third kappa shape index (κ3) is 3.08. The van der Waals surface area contributed by atoms with Crippen LogP contribution in [0.15, 0.2) is 66.7 Å². The minimum Gasteiger partial charge on any atom is -0.336 e. The van der Waals surface area contributed by atoms with Crippen molar-refractivity contribution in [2.24, 2.45) is 0 Å². The minimum absolute atomic E-state index is 0.138. The number of nitrogens with zero attached hydrogens (tertiary/aromatic N) is 1. The second kappa shape index (κ2) is 6.76. The summed E-state index contributed by atoms with van der Waals surface area (Å²) in [7, 11) is 0. The molecule has 0 bridgehead atoms. The van der Waals surface area contributed by atoms with Gasteiger partial charge in [-0.3, -0.25) is 0 Å². The van der Waals surface area contributed by atoms with Crippen molar-refractivity contribution in [3.63, 3.8) is 0 Å². The van der Waals surface area contributed by atoms with Crippen LogP contribution in [0.25, 0.3) is 11.1 Å².